The number of aliphatic imine (C=N–C) groups is 1. The highest BCUT2D eigenvalue weighted by Crippen LogP contribution is 2.17. The lowest BCUT2D eigenvalue weighted by atomic mass is 10.2. The van der Waals surface area contributed by atoms with E-state index in [1.165, 1.54) is 25.7 Å². The van der Waals surface area contributed by atoms with Crippen LogP contribution in [-0.2, 0) is 11.3 Å². The number of nitrogens with two attached hydrogens (primary N) is 1. The Morgan fingerprint density at radius 1 is 1.09 bits per heavy atom. The van der Waals surface area contributed by atoms with Gasteiger partial charge in [0.05, 0.1) is 19.8 Å². The lowest BCUT2D eigenvalue weighted by Gasteiger charge is -2.27. The van der Waals surface area contributed by atoms with Crippen molar-refractivity contribution in [3.05, 3.63) is 23.9 Å². The van der Waals surface area contributed by atoms with Crippen LogP contribution in [0.15, 0.2) is 23.3 Å². The van der Waals surface area contributed by atoms with E-state index in [9.17, 15) is 0 Å². The van der Waals surface area contributed by atoms with Crippen LogP contribution >= 0.6 is 0 Å². The van der Waals surface area contributed by atoms with Crippen molar-refractivity contribution in [3.63, 3.8) is 0 Å². The van der Waals surface area contributed by atoms with E-state index in [0.29, 0.717) is 12.5 Å². The van der Waals surface area contributed by atoms with Gasteiger partial charge in [-0.2, -0.15) is 0 Å². The summed E-state index contributed by atoms with van der Waals surface area (Å²) in [5, 5.41) is 0. The molecule has 0 atom stereocenters. The molecule has 0 spiro atoms. The first-order chi connectivity index (χ1) is 11.3. The monoisotopic (exact) mass is 317 g/mol. The summed E-state index contributed by atoms with van der Waals surface area (Å²) < 4.78 is 5.33. The van der Waals surface area contributed by atoms with Crippen molar-refractivity contribution in [1.29, 1.82) is 0 Å². The molecule has 0 unspecified atom stereocenters. The number of anilines is 1. The van der Waals surface area contributed by atoms with Crippen molar-refractivity contribution >= 4 is 11.8 Å². The second-order valence-corrected chi connectivity index (χ2v) is 6.20. The molecule has 0 saturated carbocycles. The smallest absolute Gasteiger partial charge is 0.191 e. The van der Waals surface area contributed by atoms with Crippen LogP contribution in [0.25, 0.3) is 0 Å². The maximum absolute atomic E-state index is 6.05. The van der Waals surface area contributed by atoms with Crippen molar-refractivity contribution < 1.29 is 4.74 Å². The molecule has 3 heterocycles. The molecule has 1 aromatic rings. The lowest BCUT2D eigenvalue weighted by molar-refractivity contribution is 0.0674. The molecule has 3 rings (SSSR count). The molecule has 126 valence electrons. The quantitative estimate of drug-likeness (QED) is 0.678. The molecule has 0 aromatic carbocycles. The molecule has 0 aliphatic carbocycles. The largest absolute Gasteiger partial charge is 0.378 e. The van der Waals surface area contributed by atoms with Gasteiger partial charge in [0, 0.05) is 32.4 Å². The van der Waals surface area contributed by atoms with Gasteiger partial charge in [0.25, 0.3) is 0 Å². The van der Waals surface area contributed by atoms with E-state index < -0.39 is 0 Å². The molecule has 0 amide bonds. The van der Waals surface area contributed by atoms with E-state index >= 15 is 0 Å². The Balaban J connectivity index is 1.56. The Bertz CT molecular complexity index is 502. The van der Waals surface area contributed by atoms with Crippen molar-refractivity contribution in [2.45, 2.75) is 32.2 Å². The zero-order valence-corrected chi connectivity index (χ0v) is 13.8. The summed E-state index contributed by atoms with van der Waals surface area (Å²) in [5.41, 5.74) is 7.15. The highest BCUT2D eigenvalue weighted by molar-refractivity contribution is 5.78. The first kappa shape index (κ1) is 16.1. The van der Waals surface area contributed by atoms with Gasteiger partial charge in [0.15, 0.2) is 5.96 Å². The van der Waals surface area contributed by atoms with Crippen molar-refractivity contribution in [2.24, 2.45) is 10.7 Å². The minimum absolute atomic E-state index is 0.580. The number of nitrogens with zero attached hydrogens (tertiary/aromatic N) is 4. The molecule has 6 heteroatoms. The van der Waals surface area contributed by atoms with E-state index in [1.54, 1.807) is 0 Å². The minimum Gasteiger partial charge on any atom is -0.378 e. The molecule has 2 aliphatic heterocycles. The Morgan fingerprint density at radius 2 is 1.83 bits per heavy atom. The van der Waals surface area contributed by atoms with Crippen LogP contribution in [0.2, 0.25) is 0 Å². The number of hydrogen-bond donors (Lipinski definition) is 1. The second kappa shape index (κ2) is 8.15. The molecule has 6 nitrogen and oxygen atoms in total. The molecule has 2 aliphatic rings. The van der Waals surface area contributed by atoms with Crippen LogP contribution in [-0.4, -0.2) is 55.2 Å². The summed E-state index contributed by atoms with van der Waals surface area (Å²) >= 11 is 0. The highest BCUT2D eigenvalue weighted by Gasteiger charge is 2.13. The second-order valence-electron chi connectivity index (χ2n) is 6.20. The van der Waals surface area contributed by atoms with Crippen molar-refractivity contribution in [2.75, 3.05) is 44.3 Å². The molecule has 23 heavy (non-hydrogen) atoms. The lowest BCUT2D eigenvalue weighted by Crippen LogP contribution is -2.44. The molecule has 0 radical (unpaired) electrons. The third-order valence-electron chi connectivity index (χ3n) is 4.50. The number of hydrogen-bond acceptors (Lipinski definition) is 4. The Morgan fingerprint density at radius 3 is 2.48 bits per heavy atom. The maximum Gasteiger partial charge on any atom is 0.191 e. The van der Waals surface area contributed by atoms with E-state index in [-0.39, 0.29) is 0 Å². The standard InChI is InChI=1S/C17H27N5O/c18-17(22-9-11-23-12-10-22)20-14-15-5-6-16(19-13-15)21-7-3-1-2-4-8-21/h5-6,13H,1-4,7-12,14H2,(H2,18,20). The summed E-state index contributed by atoms with van der Waals surface area (Å²) in [7, 11) is 0. The van der Waals surface area contributed by atoms with Gasteiger partial charge in [0.1, 0.15) is 5.82 Å². The van der Waals surface area contributed by atoms with Gasteiger partial charge in [-0.1, -0.05) is 18.9 Å². The van der Waals surface area contributed by atoms with Crippen LogP contribution in [0, 0.1) is 0 Å². The maximum atomic E-state index is 6.05. The van der Waals surface area contributed by atoms with Gasteiger partial charge in [-0.15, -0.1) is 0 Å². The zero-order chi connectivity index (χ0) is 15.9. The summed E-state index contributed by atoms with van der Waals surface area (Å²) in [6.07, 6.45) is 7.14. The van der Waals surface area contributed by atoms with Gasteiger partial charge in [-0.05, 0) is 24.5 Å². The van der Waals surface area contributed by atoms with Crippen LogP contribution in [0.4, 0.5) is 5.82 Å². The number of aromatic nitrogens is 1. The first-order valence-corrected chi connectivity index (χ1v) is 8.65. The Kier molecular flexibility index (Phi) is 5.69. The Labute approximate surface area is 138 Å². The third-order valence-corrected chi connectivity index (χ3v) is 4.50. The number of ether oxygens (including phenoxy) is 1. The fraction of sp³-hybridized carbons (Fsp3) is 0.647. The normalized spacial score (nSPS) is 20.4. The first-order valence-electron chi connectivity index (χ1n) is 8.65. The van der Waals surface area contributed by atoms with E-state index in [0.717, 1.165) is 50.8 Å². The number of guanidine groups is 1. The molecule has 2 N–H and O–H groups in total. The zero-order valence-electron chi connectivity index (χ0n) is 13.8. The topological polar surface area (TPSA) is 67.0 Å². The van der Waals surface area contributed by atoms with Gasteiger partial charge < -0.3 is 20.3 Å². The van der Waals surface area contributed by atoms with E-state index in [2.05, 4.69) is 31.9 Å². The average Bonchev–Trinajstić information content (AvgIpc) is 2.90. The number of rotatable bonds is 3. The minimum atomic E-state index is 0.580. The van der Waals surface area contributed by atoms with Gasteiger partial charge >= 0.3 is 0 Å². The predicted molar refractivity (Wildman–Crippen MR) is 92.6 cm³/mol. The summed E-state index contributed by atoms with van der Waals surface area (Å²) in [4.78, 5) is 13.6. The van der Waals surface area contributed by atoms with Crippen molar-refractivity contribution in [1.82, 2.24) is 9.88 Å². The van der Waals surface area contributed by atoms with Gasteiger partial charge in [0.2, 0.25) is 0 Å². The highest BCUT2D eigenvalue weighted by atomic mass is 16.5. The molecule has 0 bridgehead atoms. The fourth-order valence-electron chi connectivity index (χ4n) is 3.06. The van der Waals surface area contributed by atoms with Crippen molar-refractivity contribution in [3.8, 4) is 0 Å². The fourth-order valence-corrected chi connectivity index (χ4v) is 3.06. The van der Waals surface area contributed by atoms with Gasteiger partial charge in [-0.3, -0.25) is 0 Å². The molecule has 2 saturated heterocycles. The summed E-state index contributed by atoms with van der Waals surface area (Å²) in [6.45, 7) is 5.91. The Hall–Kier alpha value is -1.82. The number of pyridine rings is 1. The molecular formula is C17H27N5O. The van der Waals surface area contributed by atoms with E-state index in [1.807, 2.05) is 6.20 Å². The van der Waals surface area contributed by atoms with Crippen LogP contribution in [0.5, 0.6) is 0 Å². The summed E-state index contributed by atoms with van der Waals surface area (Å²) in [5.74, 6) is 1.69. The van der Waals surface area contributed by atoms with Crippen LogP contribution < -0.4 is 10.6 Å². The molecule has 1 aromatic heterocycles. The average molecular weight is 317 g/mol. The van der Waals surface area contributed by atoms with Crippen LogP contribution in [0.1, 0.15) is 31.2 Å². The third kappa shape index (κ3) is 4.58. The molecule has 2 fully saturated rings. The SMILES string of the molecule is NC(=NCc1ccc(N2CCCCCC2)nc1)N1CCOCC1. The summed E-state index contributed by atoms with van der Waals surface area (Å²) in [6, 6.07) is 4.23. The predicted octanol–water partition coefficient (Wildman–Crippen LogP) is 1.61. The molecular weight excluding hydrogens is 290 g/mol. The van der Waals surface area contributed by atoms with E-state index in [4.69, 9.17) is 10.5 Å². The van der Waals surface area contributed by atoms with Crippen LogP contribution in [0.3, 0.4) is 0 Å². The van der Waals surface area contributed by atoms with Gasteiger partial charge in [-0.25, -0.2) is 9.98 Å². The number of morpholine rings is 1.